The van der Waals surface area contributed by atoms with E-state index in [1.54, 1.807) is 18.2 Å². The van der Waals surface area contributed by atoms with Crippen molar-refractivity contribution in [3.8, 4) is 6.07 Å². The van der Waals surface area contributed by atoms with Crippen LogP contribution in [-0.4, -0.2) is 11.2 Å². The van der Waals surface area contributed by atoms with Gasteiger partial charge in [0.15, 0.2) is 6.67 Å². The molecule has 2 nitrogen and oxygen atoms in total. The molecule has 1 aromatic heterocycles. The fourth-order valence-electron chi connectivity index (χ4n) is 1.69. The Morgan fingerprint density at radius 2 is 2.12 bits per heavy atom. The second-order valence-corrected chi connectivity index (χ2v) is 4.30. The summed E-state index contributed by atoms with van der Waals surface area (Å²) in [6.07, 6.45) is 0. The molecule has 1 heterocycles. The summed E-state index contributed by atoms with van der Waals surface area (Å²) in [5, 5.41) is 9.28. The van der Waals surface area contributed by atoms with Crippen LogP contribution < -0.4 is 0 Å². The van der Waals surface area contributed by atoms with Crippen LogP contribution in [0.4, 0.5) is 13.2 Å². The lowest BCUT2D eigenvalue weighted by Crippen LogP contribution is -2.26. The van der Waals surface area contributed by atoms with Gasteiger partial charge in [-0.05, 0) is 18.2 Å². The van der Waals surface area contributed by atoms with Crippen LogP contribution in [-0.2, 0) is 6.05 Å². The molecule has 88 valence electrons. The van der Waals surface area contributed by atoms with Gasteiger partial charge in [0.1, 0.15) is 11.8 Å². The summed E-state index contributed by atoms with van der Waals surface area (Å²) in [5.41, 5.74) is -0.145. The number of alkyl halides is 3. The first-order valence-electron chi connectivity index (χ1n) is 4.65. The molecule has 0 aliphatic carbocycles. The molecular weight excluding hydrogens is 297 g/mol. The van der Waals surface area contributed by atoms with Crippen molar-refractivity contribution in [2.45, 2.75) is 6.05 Å². The van der Waals surface area contributed by atoms with E-state index in [4.69, 9.17) is 5.26 Å². The fraction of sp³-hybridized carbons (Fsp3) is 0.182. The van der Waals surface area contributed by atoms with E-state index < -0.39 is 12.7 Å². The van der Waals surface area contributed by atoms with E-state index in [2.05, 4.69) is 15.9 Å². The molecule has 0 N–H and O–H groups in total. The molecule has 0 fully saturated rings. The first kappa shape index (κ1) is 12.0. The van der Waals surface area contributed by atoms with Gasteiger partial charge in [0, 0.05) is 9.86 Å². The third-order valence-corrected chi connectivity index (χ3v) is 3.09. The Morgan fingerprint density at radius 1 is 1.41 bits per heavy atom. The first-order valence-corrected chi connectivity index (χ1v) is 5.45. The number of rotatable bonds is 2. The summed E-state index contributed by atoms with van der Waals surface area (Å²) in [5.74, 6) is 0. The van der Waals surface area contributed by atoms with Gasteiger partial charge in [-0.2, -0.15) is 14.0 Å². The number of nitrogens with zero attached hydrogens (tertiary/aromatic N) is 2. The molecule has 2 rings (SSSR count). The summed E-state index contributed by atoms with van der Waals surface area (Å²) >= 11 is 3.20. The molecule has 0 aliphatic heterocycles. The van der Waals surface area contributed by atoms with Gasteiger partial charge in [-0.25, -0.2) is 4.39 Å². The van der Waals surface area contributed by atoms with Gasteiger partial charge in [-0.1, -0.05) is 22.0 Å². The monoisotopic (exact) mass is 302 g/mol. The van der Waals surface area contributed by atoms with E-state index in [-0.39, 0.29) is 11.2 Å². The van der Waals surface area contributed by atoms with E-state index in [9.17, 15) is 13.2 Å². The van der Waals surface area contributed by atoms with E-state index in [0.29, 0.717) is 14.4 Å². The van der Waals surface area contributed by atoms with Gasteiger partial charge in [0.2, 0.25) is 0 Å². The quantitative estimate of drug-likeness (QED) is 0.829. The molecule has 0 saturated carbocycles. The first-order chi connectivity index (χ1) is 8.01. The fourth-order valence-corrected chi connectivity index (χ4v) is 2.16. The largest absolute Gasteiger partial charge is 0.358 e. The van der Waals surface area contributed by atoms with Crippen LogP contribution in [0.15, 0.2) is 28.7 Å². The smallest absolute Gasteiger partial charge is 0.270 e. The van der Waals surface area contributed by atoms with Gasteiger partial charge in [0.25, 0.3) is 0 Å². The number of fused-ring (bicyclic) bond motifs is 1. The van der Waals surface area contributed by atoms with Crippen molar-refractivity contribution in [1.29, 1.82) is 5.26 Å². The number of halogens is 4. The highest BCUT2D eigenvalue weighted by molar-refractivity contribution is 9.10. The van der Waals surface area contributed by atoms with E-state index in [1.807, 2.05) is 0 Å². The lowest BCUT2D eigenvalue weighted by Gasteiger charge is -2.16. The summed E-state index contributed by atoms with van der Waals surface area (Å²) in [6, 6.07) is 3.89. The maximum Gasteiger partial charge on any atom is 0.358 e. The Morgan fingerprint density at radius 3 is 2.71 bits per heavy atom. The number of hydrogen-bond acceptors (Lipinski definition) is 1. The summed E-state index contributed by atoms with van der Waals surface area (Å²) in [6.45, 7) is -1.85. The Bertz CT molecular complexity index is 613. The Kier molecular flexibility index (Phi) is 2.87. The number of hydrogen-bond donors (Lipinski definition) is 0. The summed E-state index contributed by atoms with van der Waals surface area (Å²) < 4.78 is 40.3. The highest BCUT2D eigenvalue weighted by Crippen LogP contribution is 2.33. The Hall–Kier alpha value is -1.48. The zero-order valence-corrected chi connectivity index (χ0v) is 10.0. The zero-order valence-electron chi connectivity index (χ0n) is 8.42. The van der Waals surface area contributed by atoms with Crippen molar-refractivity contribution in [1.82, 2.24) is 4.57 Å². The van der Waals surface area contributed by atoms with Crippen molar-refractivity contribution < 1.29 is 13.2 Å². The minimum Gasteiger partial charge on any atom is -0.270 e. The number of nitriles is 1. The Labute approximate surface area is 103 Å². The minimum absolute atomic E-state index is 0.124. The summed E-state index contributed by atoms with van der Waals surface area (Å²) in [7, 11) is 0. The average molecular weight is 303 g/mol. The molecule has 1 aromatic carbocycles. The third kappa shape index (κ3) is 1.80. The topological polar surface area (TPSA) is 28.7 Å². The van der Waals surface area contributed by atoms with Gasteiger partial charge < -0.3 is 0 Å². The second-order valence-electron chi connectivity index (χ2n) is 3.45. The van der Waals surface area contributed by atoms with Crippen molar-refractivity contribution >= 4 is 26.8 Å². The lowest BCUT2D eigenvalue weighted by molar-refractivity contribution is -0.0959. The number of benzene rings is 1. The molecule has 2 aromatic rings. The highest BCUT2D eigenvalue weighted by Gasteiger charge is 2.35. The van der Waals surface area contributed by atoms with Gasteiger partial charge >= 0.3 is 6.05 Å². The normalized spacial score (nSPS) is 11.7. The van der Waals surface area contributed by atoms with E-state index in [1.165, 1.54) is 12.1 Å². The van der Waals surface area contributed by atoms with Crippen molar-refractivity contribution in [3.05, 3.63) is 34.4 Å². The predicted octanol–water partition coefficient (Wildman–Crippen LogP) is 3.79. The Balaban J connectivity index is 2.86. The lowest BCUT2D eigenvalue weighted by atomic mass is 10.2. The molecule has 0 radical (unpaired) electrons. The van der Waals surface area contributed by atoms with Crippen LogP contribution in [0.25, 0.3) is 10.9 Å². The van der Waals surface area contributed by atoms with Crippen LogP contribution >= 0.6 is 15.9 Å². The van der Waals surface area contributed by atoms with Crippen molar-refractivity contribution in [2.75, 3.05) is 6.67 Å². The van der Waals surface area contributed by atoms with Crippen LogP contribution in [0.5, 0.6) is 0 Å². The molecule has 0 aliphatic rings. The van der Waals surface area contributed by atoms with Crippen LogP contribution in [0.1, 0.15) is 5.69 Å². The zero-order chi connectivity index (χ0) is 12.6. The SMILES string of the molecule is N#Cc1cc2c(Br)cccc2n1C(F)(F)CF. The average Bonchev–Trinajstić information content (AvgIpc) is 2.69. The molecular formula is C11H6BrF3N2. The van der Waals surface area contributed by atoms with Gasteiger partial charge in [0.05, 0.1) is 5.52 Å². The third-order valence-electron chi connectivity index (χ3n) is 2.40. The molecule has 17 heavy (non-hydrogen) atoms. The predicted molar refractivity (Wildman–Crippen MR) is 60.5 cm³/mol. The van der Waals surface area contributed by atoms with Crippen LogP contribution in [0.2, 0.25) is 0 Å². The van der Waals surface area contributed by atoms with E-state index >= 15 is 0 Å². The standard InChI is InChI=1S/C11H6BrF3N2/c12-9-2-1-3-10-8(9)4-7(5-16)17(10)11(14,15)6-13/h1-4H,6H2. The second kappa shape index (κ2) is 4.08. The molecule has 0 spiro atoms. The van der Waals surface area contributed by atoms with Crippen molar-refractivity contribution in [3.63, 3.8) is 0 Å². The maximum absolute atomic E-state index is 13.4. The number of aromatic nitrogens is 1. The van der Waals surface area contributed by atoms with Gasteiger partial charge in [-0.15, -0.1) is 0 Å². The summed E-state index contributed by atoms with van der Waals surface area (Å²) in [4.78, 5) is 0. The van der Waals surface area contributed by atoms with E-state index in [0.717, 1.165) is 0 Å². The molecule has 0 unspecified atom stereocenters. The molecule has 0 atom stereocenters. The van der Waals surface area contributed by atoms with Crippen LogP contribution in [0.3, 0.4) is 0 Å². The van der Waals surface area contributed by atoms with Gasteiger partial charge in [-0.3, -0.25) is 4.57 Å². The van der Waals surface area contributed by atoms with Crippen molar-refractivity contribution in [2.24, 2.45) is 0 Å². The molecule has 6 heteroatoms. The highest BCUT2D eigenvalue weighted by atomic mass is 79.9. The molecule has 0 amide bonds. The van der Waals surface area contributed by atoms with Crippen LogP contribution in [0, 0.1) is 11.3 Å². The molecule has 0 saturated heterocycles. The molecule has 0 bridgehead atoms. The minimum atomic E-state index is -3.71. The maximum atomic E-state index is 13.4.